The van der Waals surface area contributed by atoms with Gasteiger partial charge >= 0.3 is 0 Å². The lowest BCUT2D eigenvalue weighted by Crippen LogP contribution is -2.38. The Morgan fingerprint density at radius 2 is 1.89 bits per heavy atom. The van der Waals surface area contributed by atoms with Crippen LogP contribution in [-0.2, 0) is 4.79 Å². The average molecular weight is 388 g/mol. The topological polar surface area (TPSA) is 70.7 Å². The summed E-state index contributed by atoms with van der Waals surface area (Å²) in [5.74, 6) is 1.37. The number of carbonyl (C=O) groups is 2. The van der Waals surface area contributed by atoms with Crippen LogP contribution in [0, 0.1) is 19.8 Å². The predicted molar refractivity (Wildman–Crippen MR) is 110 cm³/mol. The van der Waals surface area contributed by atoms with Crippen LogP contribution in [0.25, 0.3) is 0 Å². The van der Waals surface area contributed by atoms with Crippen LogP contribution in [0.4, 0.5) is 0 Å². The molecule has 2 heterocycles. The van der Waals surface area contributed by atoms with Crippen molar-refractivity contribution in [1.82, 2.24) is 15.5 Å². The molecule has 2 saturated heterocycles. The molecule has 28 heavy (non-hydrogen) atoms. The third kappa shape index (κ3) is 5.47. The number of likely N-dealkylation sites (tertiary alicyclic amines) is 1. The molecule has 0 spiro atoms. The first kappa shape index (κ1) is 20.6. The summed E-state index contributed by atoms with van der Waals surface area (Å²) in [5, 5.41) is 6.38. The fraction of sp³-hybridized carbons (Fsp3) is 0.636. The quantitative estimate of drug-likeness (QED) is 0.754. The van der Waals surface area contributed by atoms with Gasteiger partial charge in [0.15, 0.2) is 6.61 Å². The minimum Gasteiger partial charge on any atom is -0.483 e. The summed E-state index contributed by atoms with van der Waals surface area (Å²) in [6.45, 7) is 8.40. The van der Waals surface area contributed by atoms with Gasteiger partial charge in [-0.15, -0.1) is 0 Å². The second-order valence-corrected chi connectivity index (χ2v) is 8.07. The van der Waals surface area contributed by atoms with E-state index in [0.29, 0.717) is 23.8 Å². The maximum atomic E-state index is 12.5. The van der Waals surface area contributed by atoms with Crippen molar-refractivity contribution in [2.45, 2.75) is 46.0 Å². The van der Waals surface area contributed by atoms with E-state index in [0.717, 1.165) is 56.6 Å². The van der Waals surface area contributed by atoms with Gasteiger partial charge in [-0.05, 0) is 88.2 Å². The molecule has 0 aromatic heterocycles. The first-order valence-electron chi connectivity index (χ1n) is 10.6. The molecule has 1 aromatic rings. The van der Waals surface area contributed by atoms with E-state index in [4.69, 9.17) is 4.74 Å². The Hall–Kier alpha value is -2.08. The van der Waals surface area contributed by atoms with Gasteiger partial charge in [0.05, 0.1) is 0 Å². The van der Waals surface area contributed by atoms with Crippen LogP contribution in [-0.4, -0.2) is 56.0 Å². The third-order valence-electron chi connectivity index (χ3n) is 5.77. The highest BCUT2D eigenvalue weighted by Crippen LogP contribution is 2.25. The number of nitrogens with zero attached hydrogens (tertiary/aromatic N) is 1. The zero-order chi connectivity index (χ0) is 19.9. The molecule has 2 N–H and O–H groups in total. The van der Waals surface area contributed by atoms with Crippen molar-refractivity contribution in [2.24, 2.45) is 5.92 Å². The Kier molecular flexibility index (Phi) is 7.31. The van der Waals surface area contributed by atoms with Crippen molar-refractivity contribution < 1.29 is 14.3 Å². The number of benzene rings is 1. The molecule has 2 aliphatic heterocycles. The van der Waals surface area contributed by atoms with Gasteiger partial charge in [-0.1, -0.05) is 0 Å². The molecule has 2 amide bonds. The van der Waals surface area contributed by atoms with E-state index >= 15 is 0 Å². The van der Waals surface area contributed by atoms with Gasteiger partial charge in [0.1, 0.15) is 5.75 Å². The molecule has 154 valence electrons. The van der Waals surface area contributed by atoms with Gasteiger partial charge in [0, 0.05) is 25.2 Å². The lowest BCUT2D eigenvalue weighted by molar-refractivity contribution is -0.134. The van der Waals surface area contributed by atoms with Crippen LogP contribution in [0.1, 0.15) is 53.6 Å². The Morgan fingerprint density at radius 1 is 1.18 bits per heavy atom. The van der Waals surface area contributed by atoms with Crippen LogP contribution >= 0.6 is 0 Å². The smallest absolute Gasteiger partial charge is 0.260 e. The molecule has 6 heteroatoms. The number of piperidine rings is 1. The lowest BCUT2D eigenvalue weighted by atomic mass is 10.0. The molecule has 0 aliphatic carbocycles. The van der Waals surface area contributed by atoms with Gasteiger partial charge in [0.2, 0.25) is 0 Å². The number of carbonyl (C=O) groups excluding carboxylic acids is 2. The normalized spacial score (nSPS) is 19.5. The standard InChI is InChI=1S/C22H33N3O3/c1-16-12-19(22(27)24-9-7-18-6-8-23-14-18)13-17(2)21(16)28-15-20(26)25-10-4-3-5-11-25/h12-13,18,23H,3-11,14-15H2,1-2H3,(H,24,27). The van der Waals surface area contributed by atoms with Gasteiger partial charge in [0.25, 0.3) is 11.8 Å². The fourth-order valence-electron chi connectivity index (χ4n) is 4.13. The summed E-state index contributed by atoms with van der Waals surface area (Å²) >= 11 is 0. The largest absolute Gasteiger partial charge is 0.483 e. The van der Waals surface area contributed by atoms with Crippen molar-refractivity contribution in [2.75, 3.05) is 39.3 Å². The van der Waals surface area contributed by atoms with Crippen molar-refractivity contribution >= 4 is 11.8 Å². The molecular formula is C22H33N3O3. The number of hydrogen-bond donors (Lipinski definition) is 2. The Bertz CT molecular complexity index is 669. The first-order valence-corrected chi connectivity index (χ1v) is 10.6. The number of ether oxygens (including phenoxy) is 1. The highest BCUT2D eigenvalue weighted by Gasteiger charge is 2.19. The van der Waals surface area contributed by atoms with Crippen LogP contribution in [0.5, 0.6) is 5.75 Å². The van der Waals surface area contributed by atoms with E-state index in [9.17, 15) is 9.59 Å². The zero-order valence-electron chi connectivity index (χ0n) is 17.2. The average Bonchev–Trinajstić information content (AvgIpc) is 3.21. The molecule has 6 nitrogen and oxygen atoms in total. The molecule has 0 bridgehead atoms. The van der Waals surface area contributed by atoms with Gasteiger partial charge < -0.3 is 20.3 Å². The molecule has 0 radical (unpaired) electrons. The van der Waals surface area contributed by atoms with Crippen molar-refractivity contribution in [3.63, 3.8) is 0 Å². The minimum absolute atomic E-state index is 0.0433. The predicted octanol–water partition coefficient (Wildman–Crippen LogP) is 2.42. The zero-order valence-corrected chi connectivity index (χ0v) is 17.2. The van der Waals surface area contributed by atoms with Gasteiger partial charge in [-0.25, -0.2) is 0 Å². The van der Waals surface area contributed by atoms with Crippen molar-refractivity contribution in [3.05, 3.63) is 28.8 Å². The lowest BCUT2D eigenvalue weighted by Gasteiger charge is -2.26. The molecular weight excluding hydrogens is 354 g/mol. The number of amides is 2. The third-order valence-corrected chi connectivity index (χ3v) is 5.77. The number of rotatable bonds is 7. The highest BCUT2D eigenvalue weighted by molar-refractivity contribution is 5.94. The second kappa shape index (κ2) is 9.92. The molecule has 2 fully saturated rings. The van der Waals surface area contributed by atoms with E-state index < -0.39 is 0 Å². The summed E-state index contributed by atoms with van der Waals surface area (Å²) in [6, 6.07) is 3.69. The van der Waals surface area contributed by atoms with Gasteiger partial charge in [-0.2, -0.15) is 0 Å². The molecule has 0 saturated carbocycles. The molecule has 3 rings (SSSR count). The maximum absolute atomic E-state index is 12.5. The van der Waals surface area contributed by atoms with E-state index in [-0.39, 0.29) is 18.4 Å². The first-order chi connectivity index (χ1) is 13.5. The molecule has 1 unspecified atom stereocenters. The summed E-state index contributed by atoms with van der Waals surface area (Å²) in [5.41, 5.74) is 2.42. The van der Waals surface area contributed by atoms with Crippen LogP contribution in [0.3, 0.4) is 0 Å². The van der Waals surface area contributed by atoms with E-state index in [1.54, 1.807) is 0 Å². The fourth-order valence-corrected chi connectivity index (χ4v) is 4.13. The van der Waals surface area contributed by atoms with Crippen molar-refractivity contribution in [1.29, 1.82) is 0 Å². The number of nitrogens with one attached hydrogen (secondary N) is 2. The van der Waals surface area contributed by atoms with Gasteiger partial charge in [-0.3, -0.25) is 9.59 Å². The SMILES string of the molecule is Cc1cc(C(=O)NCCC2CCNC2)cc(C)c1OCC(=O)N1CCCCC1. The molecule has 1 atom stereocenters. The highest BCUT2D eigenvalue weighted by atomic mass is 16.5. The van der Waals surface area contributed by atoms with E-state index in [1.165, 1.54) is 12.8 Å². The monoisotopic (exact) mass is 387 g/mol. The Labute approximate surface area is 168 Å². The second-order valence-electron chi connectivity index (χ2n) is 8.07. The maximum Gasteiger partial charge on any atom is 0.260 e. The summed E-state index contributed by atoms with van der Waals surface area (Å²) < 4.78 is 5.84. The van der Waals surface area contributed by atoms with E-state index in [2.05, 4.69) is 10.6 Å². The Morgan fingerprint density at radius 3 is 2.54 bits per heavy atom. The van der Waals surface area contributed by atoms with Crippen molar-refractivity contribution in [3.8, 4) is 5.75 Å². The van der Waals surface area contributed by atoms with Crippen LogP contribution in [0.15, 0.2) is 12.1 Å². The summed E-state index contributed by atoms with van der Waals surface area (Å²) in [6.07, 6.45) is 5.55. The minimum atomic E-state index is -0.0481. The van der Waals surface area contributed by atoms with Crippen LogP contribution in [0.2, 0.25) is 0 Å². The molecule has 2 aliphatic rings. The number of aryl methyl sites for hydroxylation is 2. The summed E-state index contributed by atoms with van der Waals surface area (Å²) in [7, 11) is 0. The van der Waals surface area contributed by atoms with Crippen LogP contribution < -0.4 is 15.4 Å². The van der Waals surface area contributed by atoms with E-state index in [1.807, 2.05) is 30.9 Å². The molecule has 1 aromatic carbocycles. The summed E-state index contributed by atoms with van der Waals surface area (Å²) in [4.78, 5) is 26.7. The Balaban J connectivity index is 1.52. The number of hydrogen-bond acceptors (Lipinski definition) is 4.